The number of cyclic esters (lactones) is 1. The fourth-order valence-electron chi connectivity index (χ4n) is 3.60. The number of benzene rings is 3. The van der Waals surface area contributed by atoms with Crippen molar-refractivity contribution in [3.05, 3.63) is 102 Å². The predicted octanol–water partition coefficient (Wildman–Crippen LogP) is 6.14. The molecule has 4 rings (SSSR count). The Kier molecular flexibility index (Phi) is 7.68. The van der Waals surface area contributed by atoms with Crippen LogP contribution < -0.4 is 9.47 Å². The fourth-order valence-corrected chi connectivity index (χ4v) is 4.38. The molecule has 1 aliphatic rings. The molecule has 1 aliphatic heterocycles. The van der Waals surface area contributed by atoms with Crippen LogP contribution in [0.3, 0.4) is 0 Å². The van der Waals surface area contributed by atoms with Crippen molar-refractivity contribution in [2.75, 3.05) is 6.61 Å². The molecule has 0 amide bonds. The second-order valence-electron chi connectivity index (χ2n) is 8.13. The van der Waals surface area contributed by atoms with Gasteiger partial charge in [0.2, 0.25) is 5.90 Å². The zero-order valence-corrected chi connectivity index (χ0v) is 22.1. The van der Waals surface area contributed by atoms with E-state index in [-0.39, 0.29) is 17.3 Å². The van der Waals surface area contributed by atoms with Crippen LogP contribution in [0.2, 0.25) is 0 Å². The highest BCUT2D eigenvalue weighted by Gasteiger charge is 2.26. The van der Waals surface area contributed by atoms with Crippen LogP contribution >= 0.6 is 22.6 Å². The number of ether oxygens (including phenoxy) is 3. The molecule has 0 aliphatic carbocycles. The van der Waals surface area contributed by atoms with Gasteiger partial charge in [-0.05, 0) is 84.8 Å². The minimum absolute atomic E-state index is 0.0119. The molecular weight excluding hydrogens is 575 g/mol. The molecule has 9 heteroatoms. The molecular formula is C27H23IN2O6. The maximum atomic E-state index is 12.5. The van der Waals surface area contributed by atoms with Crippen molar-refractivity contribution < 1.29 is 23.9 Å². The Morgan fingerprint density at radius 1 is 1.08 bits per heavy atom. The average molecular weight is 598 g/mol. The van der Waals surface area contributed by atoms with Gasteiger partial charge in [0, 0.05) is 17.2 Å². The second-order valence-corrected chi connectivity index (χ2v) is 9.29. The van der Waals surface area contributed by atoms with Gasteiger partial charge in [0.25, 0.3) is 5.69 Å². The Morgan fingerprint density at radius 2 is 1.83 bits per heavy atom. The zero-order valence-electron chi connectivity index (χ0n) is 19.9. The third-order valence-electron chi connectivity index (χ3n) is 5.40. The summed E-state index contributed by atoms with van der Waals surface area (Å²) in [6, 6.07) is 16.2. The summed E-state index contributed by atoms with van der Waals surface area (Å²) < 4.78 is 18.1. The van der Waals surface area contributed by atoms with E-state index in [4.69, 9.17) is 14.2 Å². The Hall–Kier alpha value is -3.73. The first-order valence-electron chi connectivity index (χ1n) is 11.2. The number of carbonyl (C=O) groups excluding carboxylic acids is 1. The summed E-state index contributed by atoms with van der Waals surface area (Å²) in [7, 11) is 0. The van der Waals surface area contributed by atoms with Crippen LogP contribution in [0.4, 0.5) is 5.69 Å². The minimum Gasteiger partial charge on any atom is -0.490 e. The van der Waals surface area contributed by atoms with Crippen LogP contribution in [0.5, 0.6) is 11.5 Å². The quantitative estimate of drug-likeness (QED) is 0.102. The normalized spacial score (nSPS) is 13.9. The number of hydrogen-bond acceptors (Lipinski definition) is 7. The maximum absolute atomic E-state index is 12.5. The van der Waals surface area contributed by atoms with Gasteiger partial charge in [-0.2, -0.15) is 0 Å². The van der Waals surface area contributed by atoms with Crippen LogP contribution in [0, 0.1) is 27.5 Å². The number of aryl methyl sites for hydroxylation is 2. The molecule has 36 heavy (non-hydrogen) atoms. The monoisotopic (exact) mass is 598 g/mol. The number of rotatable bonds is 8. The molecule has 0 unspecified atom stereocenters. The molecule has 184 valence electrons. The number of nitro groups is 1. The second kappa shape index (κ2) is 10.9. The molecule has 0 saturated carbocycles. The van der Waals surface area contributed by atoms with Gasteiger partial charge in [-0.1, -0.05) is 29.8 Å². The van der Waals surface area contributed by atoms with Crippen LogP contribution in [0.1, 0.15) is 34.7 Å². The van der Waals surface area contributed by atoms with Crippen molar-refractivity contribution in [1.82, 2.24) is 0 Å². The lowest BCUT2D eigenvalue weighted by Crippen LogP contribution is -2.06. The molecule has 0 bridgehead atoms. The summed E-state index contributed by atoms with van der Waals surface area (Å²) in [5.41, 5.74) is 3.96. The minimum atomic E-state index is -0.603. The smallest absolute Gasteiger partial charge is 0.363 e. The van der Waals surface area contributed by atoms with E-state index in [1.54, 1.807) is 25.1 Å². The largest absolute Gasteiger partial charge is 0.490 e. The number of nitrogens with zero attached hydrogens (tertiary/aromatic N) is 2. The number of nitro benzene ring substituents is 1. The van der Waals surface area contributed by atoms with Gasteiger partial charge < -0.3 is 14.2 Å². The molecule has 0 aromatic heterocycles. The molecule has 1 heterocycles. The summed E-state index contributed by atoms with van der Waals surface area (Å²) in [6.45, 7) is 6.38. The molecule has 0 saturated heterocycles. The third kappa shape index (κ3) is 5.73. The Morgan fingerprint density at radius 3 is 2.50 bits per heavy atom. The van der Waals surface area contributed by atoms with Gasteiger partial charge in [-0.3, -0.25) is 10.1 Å². The molecule has 0 atom stereocenters. The molecule has 0 spiro atoms. The van der Waals surface area contributed by atoms with E-state index >= 15 is 0 Å². The number of esters is 1. The summed E-state index contributed by atoms with van der Waals surface area (Å²) >= 11 is 2.18. The van der Waals surface area contributed by atoms with Gasteiger partial charge in [0.15, 0.2) is 17.2 Å². The number of hydrogen-bond donors (Lipinski definition) is 0. The van der Waals surface area contributed by atoms with Crippen LogP contribution in [-0.4, -0.2) is 23.4 Å². The van der Waals surface area contributed by atoms with E-state index in [0.717, 1.165) is 9.13 Å². The van der Waals surface area contributed by atoms with Gasteiger partial charge in [-0.15, -0.1) is 0 Å². The summed E-state index contributed by atoms with van der Waals surface area (Å²) in [5.74, 6) is 0.681. The molecule has 0 N–H and O–H groups in total. The average Bonchev–Trinajstić information content (AvgIpc) is 3.19. The molecule has 3 aromatic rings. The summed E-state index contributed by atoms with van der Waals surface area (Å²) in [6.07, 6.45) is 1.61. The van der Waals surface area contributed by atoms with E-state index in [1.807, 2.05) is 44.2 Å². The highest BCUT2D eigenvalue weighted by atomic mass is 127. The number of halogens is 1. The fraction of sp³-hybridized carbons (Fsp3) is 0.185. The Bertz CT molecular complexity index is 1400. The Labute approximate surface area is 221 Å². The van der Waals surface area contributed by atoms with Gasteiger partial charge >= 0.3 is 5.97 Å². The number of aliphatic imine (C=N–C) groups is 1. The highest BCUT2D eigenvalue weighted by molar-refractivity contribution is 14.1. The Balaban J connectivity index is 1.60. The first-order valence-corrected chi connectivity index (χ1v) is 12.3. The molecule has 0 radical (unpaired) electrons. The summed E-state index contributed by atoms with van der Waals surface area (Å²) in [4.78, 5) is 27.4. The first-order chi connectivity index (χ1) is 17.2. The van der Waals surface area contributed by atoms with Crippen LogP contribution in [0.15, 0.2) is 65.3 Å². The predicted molar refractivity (Wildman–Crippen MR) is 144 cm³/mol. The molecule has 8 nitrogen and oxygen atoms in total. The lowest BCUT2D eigenvalue weighted by atomic mass is 10.1. The van der Waals surface area contributed by atoms with E-state index in [9.17, 15) is 14.9 Å². The standard InChI is InChI=1S/C27H23IN2O6/c1-4-34-24-14-19(12-21(28)25(24)35-15-18-7-5-16(2)6-8-18)13-22-27(31)36-26(29-22)20-9-10-23(30(32)33)17(3)11-20/h5-14H,4,15H2,1-3H3/b22-13-. The zero-order chi connectivity index (χ0) is 25.8. The van der Waals surface area contributed by atoms with Crippen molar-refractivity contribution in [2.45, 2.75) is 27.4 Å². The highest BCUT2D eigenvalue weighted by Crippen LogP contribution is 2.36. The summed E-state index contributed by atoms with van der Waals surface area (Å²) in [5, 5.41) is 11.1. The SMILES string of the molecule is CCOc1cc(/C=C2\N=C(c3ccc([N+](=O)[O-])c(C)c3)OC2=O)cc(I)c1OCc1ccc(C)cc1. The molecule has 3 aromatic carbocycles. The third-order valence-corrected chi connectivity index (χ3v) is 6.20. The maximum Gasteiger partial charge on any atom is 0.363 e. The van der Waals surface area contributed by atoms with E-state index in [0.29, 0.717) is 41.4 Å². The molecule has 0 fully saturated rings. The van der Waals surface area contributed by atoms with E-state index in [1.165, 1.54) is 17.7 Å². The van der Waals surface area contributed by atoms with Crippen LogP contribution in [-0.2, 0) is 16.1 Å². The van der Waals surface area contributed by atoms with E-state index < -0.39 is 10.9 Å². The van der Waals surface area contributed by atoms with Gasteiger partial charge in [0.05, 0.1) is 15.1 Å². The lowest BCUT2D eigenvalue weighted by molar-refractivity contribution is -0.385. The van der Waals surface area contributed by atoms with Gasteiger partial charge in [0.1, 0.15) is 6.61 Å². The van der Waals surface area contributed by atoms with Crippen molar-refractivity contribution >= 4 is 46.2 Å². The topological polar surface area (TPSA) is 100 Å². The van der Waals surface area contributed by atoms with E-state index in [2.05, 4.69) is 27.6 Å². The van der Waals surface area contributed by atoms with Crippen LogP contribution in [0.25, 0.3) is 6.08 Å². The van der Waals surface area contributed by atoms with Gasteiger partial charge in [-0.25, -0.2) is 9.79 Å². The lowest BCUT2D eigenvalue weighted by Gasteiger charge is -2.15. The number of carbonyl (C=O) groups is 1. The van der Waals surface area contributed by atoms with Crippen molar-refractivity contribution in [3.8, 4) is 11.5 Å². The van der Waals surface area contributed by atoms with Crippen molar-refractivity contribution in [2.24, 2.45) is 4.99 Å². The van der Waals surface area contributed by atoms with Crippen molar-refractivity contribution in [1.29, 1.82) is 0 Å². The van der Waals surface area contributed by atoms with Crippen molar-refractivity contribution in [3.63, 3.8) is 0 Å². The first kappa shape index (κ1) is 25.4.